The van der Waals surface area contributed by atoms with E-state index in [1.807, 2.05) is 24.3 Å². The third-order valence-electron chi connectivity index (χ3n) is 4.61. The molecule has 6 nitrogen and oxygen atoms in total. The van der Waals surface area contributed by atoms with Crippen LogP contribution in [-0.4, -0.2) is 27.0 Å². The second-order valence-electron chi connectivity index (χ2n) is 6.15. The van der Waals surface area contributed by atoms with Crippen LogP contribution in [0.25, 0.3) is 33.6 Å². The van der Waals surface area contributed by atoms with Crippen LogP contribution < -0.4 is 10.5 Å². The van der Waals surface area contributed by atoms with Crippen LogP contribution in [0, 0.1) is 6.92 Å². The number of nitrogens with one attached hydrogen (secondary N) is 1. The van der Waals surface area contributed by atoms with Crippen molar-refractivity contribution in [1.82, 2.24) is 19.9 Å². The first-order valence-corrected chi connectivity index (χ1v) is 8.52. The zero-order valence-corrected chi connectivity index (χ0v) is 15.1. The van der Waals surface area contributed by atoms with Crippen molar-refractivity contribution in [2.75, 3.05) is 12.8 Å². The molecule has 0 saturated heterocycles. The van der Waals surface area contributed by atoms with Crippen molar-refractivity contribution in [3.8, 4) is 39.4 Å². The van der Waals surface area contributed by atoms with E-state index in [1.165, 1.54) is 0 Å². The second kappa shape index (κ2) is 6.92. The zero-order valence-electron chi connectivity index (χ0n) is 15.1. The summed E-state index contributed by atoms with van der Waals surface area (Å²) in [5.74, 6) is 0.897. The molecular formula is C21H19N5O. The third kappa shape index (κ3) is 3.01. The van der Waals surface area contributed by atoms with Gasteiger partial charge in [-0.1, -0.05) is 18.2 Å². The van der Waals surface area contributed by atoms with Gasteiger partial charge in [-0.05, 0) is 41.8 Å². The first kappa shape index (κ1) is 16.8. The van der Waals surface area contributed by atoms with Crippen LogP contribution in [0.3, 0.4) is 0 Å². The van der Waals surface area contributed by atoms with Crippen molar-refractivity contribution in [3.05, 3.63) is 66.9 Å². The van der Waals surface area contributed by atoms with E-state index in [9.17, 15) is 0 Å². The molecule has 0 aliphatic heterocycles. The predicted molar refractivity (Wildman–Crippen MR) is 106 cm³/mol. The van der Waals surface area contributed by atoms with Gasteiger partial charge < -0.3 is 15.5 Å². The minimum absolute atomic E-state index is 0.359. The fourth-order valence-electron chi connectivity index (χ4n) is 3.21. The molecule has 3 heterocycles. The molecule has 0 fully saturated rings. The molecule has 0 saturated carbocycles. The number of nitrogens with two attached hydrogens (primary N) is 1. The first-order valence-electron chi connectivity index (χ1n) is 8.52. The summed E-state index contributed by atoms with van der Waals surface area (Å²) < 4.78 is 5.30. The lowest BCUT2D eigenvalue weighted by Crippen LogP contribution is -1.97. The molecular weight excluding hydrogens is 338 g/mol. The number of imidazole rings is 1. The lowest BCUT2D eigenvalue weighted by molar-refractivity contribution is 0.415. The van der Waals surface area contributed by atoms with Crippen LogP contribution in [0.15, 0.2) is 61.3 Å². The number of ether oxygens (including phenoxy) is 1. The third-order valence-corrected chi connectivity index (χ3v) is 4.61. The fraction of sp³-hybridized carbons (Fsp3) is 0.0952. The molecule has 0 unspecified atom stereocenters. The van der Waals surface area contributed by atoms with Gasteiger partial charge >= 0.3 is 0 Å². The highest BCUT2D eigenvalue weighted by Crippen LogP contribution is 2.36. The van der Waals surface area contributed by atoms with E-state index in [2.05, 4.69) is 39.0 Å². The van der Waals surface area contributed by atoms with Gasteiger partial charge in [0, 0.05) is 29.7 Å². The molecule has 0 radical (unpaired) electrons. The molecule has 3 N–H and O–H groups in total. The summed E-state index contributed by atoms with van der Waals surface area (Å²) in [5.41, 5.74) is 12.9. The lowest BCUT2D eigenvalue weighted by Gasteiger charge is -2.12. The molecule has 4 rings (SSSR count). The Bertz CT molecular complexity index is 1090. The molecule has 0 aliphatic carbocycles. The molecule has 4 aromatic rings. The Hall–Kier alpha value is -3.67. The smallest absolute Gasteiger partial charge is 0.166 e. The summed E-state index contributed by atoms with van der Waals surface area (Å²) in [6, 6.07) is 12.1. The maximum absolute atomic E-state index is 5.84. The number of nitrogens with zero attached hydrogens (tertiary/aromatic N) is 3. The highest BCUT2D eigenvalue weighted by molar-refractivity contribution is 5.84. The van der Waals surface area contributed by atoms with Gasteiger partial charge in [0.1, 0.15) is 0 Å². The van der Waals surface area contributed by atoms with Gasteiger partial charge in [-0.3, -0.25) is 4.98 Å². The molecule has 0 amide bonds. The molecule has 3 aromatic heterocycles. The monoisotopic (exact) mass is 357 g/mol. The maximum Gasteiger partial charge on any atom is 0.166 e. The van der Waals surface area contributed by atoms with E-state index in [0.717, 1.165) is 39.2 Å². The van der Waals surface area contributed by atoms with Crippen molar-refractivity contribution in [3.63, 3.8) is 0 Å². The van der Waals surface area contributed by atoms with Crippen LogP contribution in [0.1, 0.15) is 5.56 Å². The van der Waals surface area contributed by atoms with Crippen molar-refractivity contribution in [2.24, 2.45) is 0 Å². The van der Waals surface area contributed by atoms with Crippen molar-refractivity contribution in [1.29, 1.82) is 0 Å². The number of aromatic amines is 1. The average molecular weight is 357 g/mol. The highest BCUT2D eigenvalue weighted by Gasteiger charge is 2.16. The largest absolute Gasteiger partial charge is 0.493 e. The van der Waals surface area contributed by atoms with E-state index in [0.29, 0.717) is 11.6 Å². The van der Waals surface area contributed by atoms with Crippen LogP contribution in [-0.2, 0) is 0 Å². The van der Waals surface area contributed by atoms with Crippen LogP contribution in [0.5, 0.6) is 5.75 Å². The molecule has 0 atom stereocenters. The Kier molecular flexibility index (Phi) is 4.30. The van der Waals surface area contributed by atoms with Gasteiger partial charge in [0.15, 0.2) is 11.6 Å². The minimum Gasteiger partial charge on any atom is -0.493 e. The number of benzene rings is 1. The first-order chi connectivity index (χ1) is 13.2. The molecule has 1 aromatic carbocycles. The molecule has 6 heteroatoms. The Morgan fingerprint density at radius 2 is 1.78 bits per heavy atom. The summed E-state index contributed by atoms with van der Waals surface area (Å²) in [4.78, 5) is 16.1. The van der Waals surface area contributed by atoms with Gasteiger partial charge in [0.25, 0.3) is 0 Å². The minimum atomic E-state index is 0.359. The predicted octanol–water partition coefficient (Wildman–Crippen LogP) is 4.10. The van der Waals surface area contributed by atoms with Crippen molar-refractivity contribution in [2.45, 2.75) is 6.92 Å². The van der Waals surface area contributed by atoms with E-state index in [1.54, 1.807) is 32.0 Å². The fourth-order valence-corrected chi connectivity index (χ4v) is 3.21. The Balaban J connectivity index is 1.84. The highest BCUT2D eigenvalue weighted by atomic mass is 16.5. The van der Waals surface area contributed by atoms with Crippen LogP contribution in [0.4, 0.5) is 5.82 Å². The number of hydrogen-bond acceptors (Lipinski definition) is 5. The summed E-state index contributed by atoms with van der Waals surface area (Å²) >= 11 is 0. The zero-order chi connectivity index (χ0) is 18.8. The molecule has 27 heavy (non-hydrogen) atoms. The van der Waals surface area contributed by atoms with Crippen LogP contribution in [0.2, 0.25) is 0 Å². The number of rotatable bonds is 4. The lowest BCUT2D eigenvalue weighted by atomic mass is 9.94. The van der Waals surface area contributed by atoms with E-state index in [-0.39, 0.29) is 0 Å². The number of methoxy groups -OCH3 is 1. The summed E-state index contributed by atoms with van der Waals surface area (Å²) in [5, 5.41) is 0. The average Bonchev–Trinajstić information content (AvgIpc) is 3.19. The molecule has 134 valence electrons. The maximum atomic E-state index is 5.84. The van der Waals surface area contributed by atoms with E-state index in [4.69, 9.17) is 10.5 Å². The molecule has 0 bridgehead atoms. The van der Waals surface area contributed by atoms with E-state index < -0.39 is 0 Å². The summed E-state index contributed by atoms with van der Waals surface area (Å²) in [6.07, 6.45) is 7.00. The summed E-state index contributed by atoms with van der Waals surface area (Å²) in [6.45, 7) is 2.10. The summed E-state index contributed by atoms with van der Waals surface area (Å²) in [7, 11) is 1.58. The Labute approximate surface area is 157 Å². The van der Waals surface area contributed by atoms with Gasteiger partial charge in [-0.15, -0.1) is 0 Å². The van der Waals surface area contributed by atoms with Gasteiger partial charge in [-0.25, -0.2) is 9.97 Å². The standard InChI is InChI=1S/C21H19N5O/c1-13-16(14-6-8-23-9-7-14)4-3-5-17(13)20-19(25-12-26-20)15-10-18(27-2)21(22)24-11-15/h3-12H,1-2H3,(H2,22,24)(H,25,26). The Morgan fingerprint density at radius 3 is 2.56 bits per heavy atom. The van der Waals surface area contributed by atoms with Gasteiger partial charge in [-0.2, -0.15) is 0 Å². The van der Waals surface area contributed by atoms with Crippen molar-refractivity contribution >= 4 is 5.82 Å². The van der Waals surface area contributed by atoms with Gasteiger partial charge in [0.05, 0.1) is 24.8 Å². The van der Waals surface area contributed by atoms with Crippen LogP contribution >= 0.6 is 0 Å². The topological polar surface area (TPSA) is 89.7 Å². The van der Waals surface area contributed by atoms with Crippen molar-refractivity contribution < 1.29 is 4.74 Å². The molecule has 0 aliphatic rings. The quantitative estimate of drug-likeness (QED) is 0.574. The number of anilines is 1. The number of nitrogen functional groups attached to an aromatic ring is 1. The normalized spacial score (nSPS) is 10.7. The number of H-pyrrole nitrogens is 1. The number of aromatic nitrogens is 4. The SMILES string of the molecule is COc1cc(-c2[nH]cnc2-c2cccc(-c3ccncc3)c2C)cnc1N. The van der Waals surface area contributed by atoms with Gasteiger partial charge in [0.2, 0.25) is 0 Å². The number of hydrogen-bond donors (Lipinski definition) is 2. The number of pyridine rings is 2. The second-order valence-corrected chi connectivity index (χ2v) is 6.15. The Morgan fingerprint density at radius 1 is 1.00 bits per heavy atom. The van der Waals surface area contributed by atoms with E-state index >= 15 is 0 Å². The molecule has 0 spiro atoms.